The molecule has 0 aliphatic carbocycles. The van der Waals surface area contributed by atoms with Crippen LogP contribution in [-0.4, -0.2) is 20.6 Å². The first kappa shape index (κ1) is 23.8. The predicted molar refractivity (Wildman–Crippen MR) is 132 cm³/mol. The molecule has 1 N–H and O–H groups in total. The SMILES string of the molecule is CCc1cccc(CC)c1NC(=O)c1ccc(N(Cc2ccccc2Cl)S(C)(=O)=O)cc1. The van der Waals surface area contributed by atoms with Crippen LogP contribution in [0.4, 0.5) is 11.4 Å². The first-order valence-corrected chi connectivity index (χ1v) is 12.7. The second kappa shape index (κ2) is 10.2. The van der Waals surface area contributed by atoms with Gasteiger partial charge in [0.25, 0.3) is 5.91 Å². The third kappa shape index (κ3) is 5.50. The molecule has 3 aromatic rings. The van der Waals surface area contributed by atoms with E-state index < -0.39 is 10.0 Å². The van der Waals surface area contributed by atoms with E-state index in [0.717, 1.165) is 35.9 Å². The Bertz CT molecular complexity index is 1190. The number of carbonyl (C=O) groups excluding carboxylic acids is 1. The zero-order valence-corrected chi connectivity index (χ0v) is 20.0. The number of anilines is 2. The van der Waals surface area contributed by atoms with E-state index in [-0.39, 0.29) is 12.5 Å². The molecule has 0 heterocycles. The van der Waals surface area contributed by atoms with Gasteiger partial charge in [-0.2, -0.15) is 0 Å². The van der Waals surface area contributed by atoms with Gasteiger partial charge < -0.3 is 5.32 Å². The number of aryl methyl sites for hydroxylation is 2. The molecular weight excluding hydrogens is 444 g/mol. The number of nitrogens with zero attached hydrogens (tertiary/aromatic N) is 1. The Morgan fingerprint density at radius 1 is 0.875 bits per heavy atom. The van der Waals surface area contributed by atoms with Crippen LogP contribution in [0.2, 0.25) is 5.02 Å². The van der Waals surface area contributed by atoms with Crippen molar-refractivity contribution >= 4 is 38.9 Å². The zero-order chi connectivity index (χ0) is 23.3. The molecule has 0 atom stereocenters. The van der Waals surface area contributed by atoms with Crippen molar-refractivity contribution in [2.45, 2.75) is 33.2 Å². The lowest BCUT2D eigenvalue weighted by molar-refractivity contribution is 0.102. The molecule has 1 amide bonds. The van der Waals surface area contributed by atoms with Gasteiger partial charge in [0.15, 0.2) is 0 Å². The van der Waals surface area contributed by atoms with Gasteiger partial charge in [-0.3, -0.25) is 9.10 Å². The van der Waals surface area contributed by atoms with Gasteiger partial charge in [-0.15, -0.1) is 0 Å². The number of hydrogen-bond acceptors (Lipinski definition) is 3. The molecule has 0 unspecified atom stereocenters. The van der Waals surface area contributed by atoms with Gasteiger partial charge >= 0.3 is 0 Å². The Morgan fingerprint density at radius 2 is 1.44 bits per heavy atom. The minimum Gasteiger partial charge on any atom is -0.321 e. The summed E-state index contributed by atoms with van der Waals surface area (Å²) >= 11 is 6.22. The van der Waals surface area contributed by atoms with E-state index >= 15 is 0 Å². The lowest BCUT2D eigenvalue weighted by Crippen LogP contribution is -2.29. The molecule has 0 saturated heterocycles. The molecule has 0 radical (unpaired) electrons. The summed E-state index contributed by atoms with van der Waals surface area (Å²) in [6.45, 7) is 4.21. The third-order valence-corrected chi connectivity index (χ3v) is 6.84. The Kier molecular flexibility index (Phi) is 7.59. The lowest BCUT2D eigenvalue weighted by Gasteiger charge is -2.23. The maximum atomic E-state index is 12.9. The van der Waals surface area contributed by atoms with Crippen LogP contribution in [0.3, 0.4) is 0 Å². The fourth-order valence-electron chi connectivity index (χ4n) is 3.55. The number of sulfonamides is 1. The molecule has 168 valence electrons. The minimum absolute atomic E-state index is 0.105. The van der Waals surface area contributed by atoms with Crippen molar-refractivity contribution in [2.24, 2.45) is 0 Å². The van der Waals surface area contributed by atoms with Crippen molar-refractivity contribution < 1.29 is 13.2 Å². The van der Waals surface area contributed by atoms with E-state index in [9.17, 15) is 13.2 Å². The molecule has 3 rings (SSSR count). The summed E-state index contributed by atoms with van der Waals surface area (Å²) < 4.78 is 26.2. The van der Waals surface area contributed by atoms with Crippen LogP contribution in [0, 0.1) is 0 Å². The van der Waals surface area contributed by atoms with E-state index in [1.165, 1.54) is 4.31 Å². The van der Waals surface area contributed by atoms with E-state index in [4.69, 9.17) is 11.6 Å². The number of carbonyl (C=O) groups is 1. The number of para-hydroxylation sites is 1. The second-order valence-corrected chi connectivity index (χ2v) is 9.83. The molecule has 3 aromatic carbocycles. The fraction of sp³-hybridized carbons (Fsp3) is 0.240. The largest absolute Gasteiger partial charge is 0.321 e. The minimum atomic E-state index is -3.56. The molecule has 0 spiro atoms. The van der Waals surface area contributed by atoms with Crippen LogP contribution in [0.15, 0.2) is 66.7 Å². The van der Waals surface area contributed by atoms with Crippen molar-refractivity contribution in [3.8, 4) is 0 Å². The quantitative estimate of drug-likeness (QED) is 0.460. The summed E-state index contributed by atoms with van der Waals surface area (Å²) in [4.78, 5) is 12.9. The summed E-state index contributed by atoms with van der Waals surface area (Å²) in [5.74, 6) is -0.232. The summed E-state index contributed by atoms with van der Waals surface area (Å²) in [6.07, 6.45) is 2.78. The molecular formula is C25H27ClN2O3S. The van der Waals surface area contributed by atoms with Gasteiger partial charge in [-0.1, -0.05) is 61.8 Å². The Labute approximate surface area is 195 Å². The van der Waals surface area contributed by atoms with Crippen molar-refractivity contribution in [3.63, 3.8) is 0 Å². The fourth-order valence-corrected chi connectivity index (χ4v) is 4.62. The van der Waals surface area contributed by atoms with Gasteiger partial charge in [-0.25, -0.2) is 8.42 Å². The molecule has 0 aromatic heterocycles. The number of benzene rings is 3. The predicted octanol–water partition coefficient (Wildman–Crippen LogP) is 5.68. The normalized spacial score (nSPS) is 11.2. The number of amides is 1. The van der Waals surface area contributed by atoms with Crippen molar-refractivity contribution in [1.29, 1.82) is 0 Å². The average molecular weight is 471 g/mol. The highest BCUT2D eigenvalue weighted by Crippen LogP contribution is 2.26. The summed E-state index contributed by atoms with van der Waals surface area (Å²) in [6, 6.07) is 19.7. The van der Waals surface area contributed by atoms with Crippen molar-refractivity contribution in [2.75, 3.05) is 15.9 Å². The lowest BCUT2D eigenvalue weighted by atomic mass is 10.0. The maximum Gasteiger partial charge on any atom is 0.255 e. The molecule has 0 bridgehead atoms. The van der Waals surface area contributed by atoms with Crippen LogP contribution in [0.1, 0.15) is 40.9 Å². The maximum absolute atomic E-state index is 12.9. The second-order valence-electron chi connectivity index (χ2n) is 7.52. The summed E-state index contributed by atoms with van der Waals surface area (Å²) in [7, 11) is -3.56. The van der Waals surface area contributed by atoms with Crippen LogP contribution < -0.4 is 9.62 Å². The molecule has 0 fully saturated rings. The van der Waals surface area contributed by atoms with Gasteiger partial charge in [0, 0.05) is 16.3 Å². The Hall–Kier alpha value is -2.83. The highest BCUT2D eigenvalue weighted by Gasteiger charge is 2.20. The number of rotatable bonds is 8. The molecule has 0 saturated carbocycles. The summed E-state index contributed by atoms with van der Waals surface area (Å²) in [5, 5.41) is 3.53. The van der Waals surface area contributed by atoms with E-state index in [1.54, 1.807) is 42.5 Å². The van der Waals surface area contributed by atoms with Crippen LogP contribution in [0.25, 0.3) is 0 Å². The molecule has 5 nitrogen and oxygen atoms in total. The van der Waals surface area contributed by atoms with Crippen LogP contribution in [0.5, 0.6) is 0 Å². The van der Waals surface area contributed by atoms with E-state index in [0.29, 0.717) is 21.8 Å². The van der Waals surface area contributed by atoms with Gasteiger partial charge in [-0.05, 0) is 59.9 Å². The standard InChI is InChI=1S/C25H27ClN2O3S/c1-4-18-10-8-11-19(5-2)24(18)27-25(29)20-13-15-22(16-14-20)28(32(3,30)31)17-21-9-6-7-12-23(21)26/h6-16H,4-5,17H2,1-3H3,(H,27,29). The average Bonchev–Trinajstić information content (AvgIpc) is 2.78. The van der Waals surface area contributed by atoms with Gasteiger partial charge in [0.2, 0.25) is 10.0 Å². The van der Waals surface area contributed by atoms with Crippen molar-refractivity contribution in [3.05, 3.63) is 94.0 Å². The van der Waals surface area contributed by atoms with Crippen LogP contribution in [-0.2, 0) is 29.4 Å². The summed E-state index contributed by atoms with van der Waals surface area (Å²) in [5.41, 5.74) is 4.63. The van der Waals surface area contributed by atoms with Crippen molar-refractivity contribution in [1.82, 2.24) is 0 Å². The van der Waals surface area contributed by atoms with Crippen LogP contribution >= 0.6 is 11.6 Å². The first-order chi connectivity index (χ1) is 15.2. The third-order valence-electron chi connectivity index (χ3n) is 5.33. The Morgan fingerprint density at radius 3 is 1.97 bits per heavy atom. The highest BCUT2D eigenvalue weighted by molar-refractivity contribution is 7.92. The molecule has 7 heteroatoms. The van der Waals surface area contributed by atoms with E-state index in [2.05, 4.69) is 19.2 Å². The monoisotopic (exact) mass is 470 g/mol. The number of hydrogen-bond donors (Lipinski definition) is 1. The number of nitrogens with one attached hydrogen (secondary N) is 1. The Balaban J connectivity index is 1.86. The molecule has 32 heavy (non-hydrogen) atoms. The highest BCUT2D eigenvalue weighted by atomic mass is 35.5. The molecule has 0 aliphatic rings. The van der Waals surface area contributed by atoms with E-state index in [1.807, 2.05) is 24.3 Å². The zero-order valence-electron chi connectivity index (χ0n) is 18.4. The first-order valence-electron chi connectivity index (χ1n) is 10.5. The molecule has 0 aliphatic heterocycles. The smallest absolute Gasteiger partial charge is 0.255 e. The van der Waals surface area contributed by atoms with Gasteiger partial charge in [0.05, 0.1) is 18.5 Å². The topological polar surface area (TPSA) is 66.5 Å². The van der Waals surface area contributed by atoms with Gasteiger partial charge in [0.1, 0.15) is 0 Å². The number of halogens is 1.